The molecule has 3 aromatic rings. The first-order valence-corrected chi connectivity index (χ1v) is 10.3. The van der Waals surface area contributed by atoms with Gasteiger partial charge in [-0.2, -0.15) is 0 Å². The number of hydrogen-bond acceptors (Lipinski definition) is 5. The van der Waals surface area contributed by atoms with Crippen molar-refractivity contribution in [2.24, 2.45) is 0 Å². The van der Waals surface area contributed by atoms with Crippen LogP contribution in [0.25, 0.3) is 6.08 Å². The molecule has 0 amide bonds. The largest absolute Gasteiger partial charge is 0.507 e. The number of rotatable bonds is 6. The van der Waals surface area contributed by atoms with Gasteiger partial charge in [0.05, 0.1) is 17.1 Å². The number of phenols is 1. The zero-order valence-corrected chi connectivity index (χ0v) is 18.9. The lowest BCUT2D eigenvalue weighted by Gasteiger charge is -2.07. The normalized spacial score (nSPS) is 10.8. The third-order valence-electron chi connectivity index (χ3n) is 4.14. The van der Waals surface area contributed by atoms with Gasteiger partial charge in [-0.15, -0.1) is 0 Å². The van der Waals surface area contributed by atoms with Crippen LogP contribution in [0.4, 0.5) is 0 Å². The summed E-state index contributed by atoms with van der Waals surface area (Å²) in [5, 5.41) is 9.73. The Balaban J connectivity index is 1.69. The molecule has 3 aromatic carbocycles. The highest BCUT2D eigenvalue weighted by Crippen LogP contribution is 2.32. The number of benzene rings is 3. The summed E-state index contributed by atoms with van der Waals surface area (Å²) in [6.45, 7) is 0. The average Bonchev–Trinajstić information content (AvgIpc) is 2.75. The molecule has 0 aliphatic heterocycles. The lowest BCUT2D eigenvalue weighted by atomic mass is 10.1. The minimum Gasteiger partial charge on any atom is -0.507 e. The lowest BCUT2D eigenvalue weighted by Crippen LogP contribution is -2.08. The summed E-state index contributed by atoms with van der Waals surface area (Å²) in [4.78, 5) is 24.6. The van der Waals surface area contributed by atoms with Crippen LogP contribution < -0.4 is 9.47 Å². The minimum atomic E-state index is -0.480. The molecule has 0 radical (unpaired) electrons. The maximum absolute atomic E-state index is 12.5. The first kappa shape index (κ1) is 21.8. The number of carbonyl (C=O) groups is 2. The van der Waals surface area contributed by atoms with E-state index in [2.05, 4.69) is 31.9 Å². The monoisotopic (exact) mass is 530 g/mol. The van der Waals surface area contributed by atoms with E-state index in [-0.39, 0.29) is 11.5 Å². The van der Waals surface area contributed by atoms with Crippen LogP contribution in [0.3, 0.4) is 0 Å². The number of hydrogen-bond donors (Lipinski definition) is 1. The lowest BCUT2D eigenvalue weighted by molar-refractivity contribution is 0.0734. The number of ketones is 1. The first-order valence-electron chi connectivity index (χ1n) is 8.74. The Hall–Kier alpha value is -2.90. The Morgan fingerprint density at radius 1 is 0.933 bits per heavy atom. The maximum Gasteiger partial charge on any atom is 0.343 e. The summed E-state index contributed by atoms with van der Waals surface area (Å²) in [7, 11) is 1.48. The molecule has 3 rings (SSSR count). The molecular formula is C23H16Br2O5. The number of ether oxygens (including phenoxy) is 2. The fourth-order valence-electron chi connectivity index (χ4n) is 2.57. The SMILES string of the molecule is COc1cc(O)c(Br)cc1/C=C/C(=O)c1ccc(OC(=O)c2ccc(Br)cc2)cc1. The molecular weight excluding hydrogens is 516 g/mol. The highest BCUT2D eigenvalue weighted by Gasteiger charge is 2.10. The van der Waals surface area contributed by atoms with E-state index in [1.54, 1.807) is 60.7 Å². The zero-order valence-electron chi connectivity index (χ0n) is 15.8. The van der Waals surface area contributed by atoms with Crippen molar-refractivity contribution in [2.45, 2.75) is 0 Å². The molecule has 0 heterocycles. The quantitative estimate of drug-likeness (QED) is 0.182. The van der Waals surface area contributed by atoms with Crippen molar-refractivity contribution in [3.8, 4) is 17.2 Å². The molecule has 1 N–H and O–H groups in total. The van der Waals surface area contributed by atoms with Crippen LogP contribution in [0.15, 0.2) is 75.7 Å². The molecule has 152 valence electrons. The number of halogens is 2. The van der Waals surface area contributed by atoms with E-state index in [0.29, 0.717) is 32.7 Å². The molecule has 7 heteroatoms. The number of phenolic OH excluding ortho intramolecular Hbond substituents is 1. The molecule has 0 unspecified atom stereocenters. The van der Waals surface area contributed by atoms with Gasteiger partial charge in [0.2, 0.25) is 0 Å². The summed E-state index contributed by atoms with van der Waals surface area (Å²) in [5.74, 6) is 0.115. The van der Waals surface area contributed by atoms with Crippen molar-refractivity contribution in [2.75, 3.05) is 7.11 Å². The zero-order chi connectivity index (χ0) is 21.7. The molecule has 5 nitrogen and oxygen atoms in total. The Morgan fingerprint density at radius 2 is 1.57 bits per heavy atom. The summed E-state index contributed by atoms with van der Waals surface area (Å²) in [6.07, 6.45) is 3.01. The van der Waals surface area contributed by atoms with Gasteiger partial charge in [0.15, 0.2) is 5.78 Å². The van der Waals surface area contributed by atoms with Crippen molar-refractivity contribution >= 4 is 49.7 Å². The standard InChI is InChI=1S/C23H16Br2O5/c1-29-22-13-21(27)19(25)12-16(22)6-11-20(26)14-4-9-18(10-5-14)30-23(28)15-2-7-17(24)8-3-15/h2-13,27H,1H3/b11-6+. The van der Waals surface area contributed by atoms with Crippen LogP contribution in [0.5, 0.6) is 17.2 Å². The van der Waals surface area contributed by atoms with Gasteiger partial charge >= 0.3 is 5.97 Å². The van der Waals surface area contributed by atoms with E-state index in [0.717, 1.165) is 4.47 Å². The maximum atomic E-state index is 12.5. The van der Waals surface area contributed by atoms with Crippen molar-refractivity contribution in [1.29, 1.82) is 0 Å². The summed E-state index contributed by atoms with van der Waals surface area (Å²) >= 11 is 6.56. The van der Waals surface area contributed by atoms with Crippen LogP contribution in [-0.2, 0) is 0 Å². The summed E-state index contributed by atoms with van der Waals surface area (Å²) < 4.78 is 11.9. The van der Waals surface area contributed by atoms with Crippen molar-refractivity contribution in [3.63, 3.8) is 0 Å². The van der Waals surface area contributed by atoms with Gasteiger partial charge in [0.1, 0.15) is 17.2 Å². The van der Waals surface area contributed by atoms with E-state index in [1.165, 1.54) is 19.3 Å². The highest BCUT2D eigenvalue weighted by molar-refractivity contribution is 9.10. The molecule has 0 spiro atoms. The average molecular weight is 532 g/mol. The Bertz CT molecular complexity index is 1100. The third kappa shape index (κ3) is 5.37. The topological polar surface area (TPSA) is 72.8 Å². The van der Waals surface area contributed by atoms with E-state index in [1.807, 2.05) is 0 Å². The highest BCUT2D eigenvalue weighted by atomic mass is 79.9. The first-order chi connectivity index (χ1) is 14.4. The second-order valence-corrected chi connectivity index (χ2v) is 7.93. The van der Waals surface area contributed by atoms with E-state index in [4.69, 9.17) is 9.47 Å². The van der Waals surface area contributed by atoms with Crippen LogP contribution in [0.2, 0.25) is 0 Å². The molecule has 0 aromatic heterocycles. The molecule has 0 atom stereocenters. The van der Waals surface area contributed by atoms with Crippen LogP contribution >= 0.6 is 31.9 Å². The predicted octanol–water partition coefficient (Wildman–Crippen LogP) is 6.04. The number of allylic oxidation sites excluding steroid dienone is 1. The van der Waals surface area contributed by atoms with Gasteiger partial charge in [-0.1, -0.05) is 15.9 Å². The molecule has 0 saturated heterocycles. The summed E-state index contributed by atoms with van der Waals surface area (Å²) in [6, 6.07) is 16.2. The minimum absolute atomic E-state index is 0.0450. The fourth-order valence-corrected chi connectivity index (χ4v) is 3.19. The number of carbonyl (C=O) groups excluding carboxylic acids is 2. The van der Waals surface area contributed by atoms with Gasteiger partial charge in [-0.05, 0) is 82.7 Å². The smallest absolute Gasteiger partial charge is 0.343 e. The fraction of sp³-hybridized carbons (Fsp3) is 0.0435. The van der Waals surface area contributed by atoms with Crippen LogP contribution in [-0.4, -0.2) is 24.0 Å². The number of aromatic hydroxyl groups is 1. The van der Waals surface area contributed by atoms with Crippen molar-refractivity contribution in [1.82, 2.24) is 0 Å². The molecule has 30 heavy (non-hydrogen) atoms. The Labute approximate surface area is 190 Å². The van der Waals surface area contributed by atoms with E-state index in [9.17, 15) is 14.7 Å². The molecule has 0 bridgehead atoms. The second kappa shape index (κ2) is 9.73. The van der Waals surface area contributed by atoms with Crippen LogP contribution in [0, 0.1) is 0 Å². The predicted molar refractivity (Wildman–Crippen MR) is 121 cm³/mol. The van der Waals surface area contributed by atoms with Gasteiger partial charge in [-0.25, -0.2) is 4.79 Å². The molecule has 0 aliphatic rings. The number of methoxy groups -OCH3 is 1. The van der Waals surface area contributed by atoms with Crippen molar-refractivity contribution in [3.05, 3.63) is 92.4 Å². The molecule has 0 fully saturated rings. The van der Waals surface area contributed by atoms with Gasteiger partial charge in [0.25, 0.3) is 0 Å². The van der Waals surface area contributed by atoms with Gasteiger partial charge < -0.3 is 14.6 Å². The van der Waals surface area contributed by atoms with Gasteiger partial charge in [-0.3, -0.25) is 4.79 Å². The van der Waals surface area contributed by atoms with Gasteiger partial charge in [0, 0.05) is 21.7 Å². The van der Waals surface area contributed by atoms with Crippen molar-refractivity contribution < 1.29 is 24.2 Å². The second-order valence-electron chi connectivity index (χ2n) is 6.16. The summed E-state index contributed by atoms with van der Waals surface area (Å²) in [5.41, 5.74) is 1.50. The van der Waals surface area contributed by atoms with E-state index < -0.39 is 5.97 Å². The van der Waals surface area contributed by atoms with Crippen LogP contribution in [0.1, 0.15) is 26.3 Å². The molecule has 0 saturated carbocycles. The Morgan fingerprint density at radius 3 is 2.20 bits per heavy atom. The Kier molecular flexibility index (Phi) is 7.07. The van der Waals surface area contributed by atoms with E-state index >= 15 is 0 Å². The number of esters is 1. The molecule has 0 aliphatic carbocycles. The third-order valence-corrected chi connectivity index (χ3v) is 5.31.